The van der Waals surface area contributed by atoms with Gasteiger partial charge in [0, 0.05) is 6.54 Å². The molecular weight excluding hydrogens is 180 g/mol. The lowest BCUT2D eigenvalue weighted by atomic mass is 10.00. The van der Waals surface area contributed by atoms with E-state index in [2.05, 4.69) is 17.2 Å². The quantitative estimate of drug-likeness (QED) is 0.646. The summed E-state index contributed by atoms with van der Waals surface area (Å²) in [4.78, 5) is 2.44. The van der Waals surface area contributed by atoms with Gasteiger partial charge in [-0.05, 0) is 44.4 Å². The topological polar surface area (TPSA) is 27.0 Å². The van der Waals surface area contributed by atoms with Crippen molar-refractivity contribution in [2.24, 2.45) is 5.92 Å². The van der Waals surface area contributed by atoms with Gasteiger partial charge in [0.05, 0.1) is 12.0 Å². The Balaban J connectivity index is 2.15. The van der Waals surface area contributed by atoms with Crippen LogP contribution in [0.3, 0.4) is 0 Å². The van der Waals surface area contributed by atoms with Crippen molar-refractivity contribution in [1.82, 2.24) is 4.90 Å². The average molecular weight is 198 g/mol. The normalized spacial score (nSPS) is 24.2. The average Bonchev–Trinajstić information content (AvgIpc) is 2.19. The number of nitrogens with zero attached hydrogens (tertiary/aromatic N) is 2. The van der Waals surface area contributed by atoms with Gasteiger partial charge in [0.2, 0.25) is 0 Å². The van der Waals surface area contributed by atoms with Gasteiger partial charge >= 0.3 is 0 Å². The SMILES string of the molecule is CSCCCN1CCCC(C#N)C1. The molecule has 0 amide bonds. The number of piperidine rings is 1. The highest BCUT2D eigenvalue weighted by atomic mass is 32.2. The lowest BCUT2D eigenvalue weighted by Gasteiger charge is -2.29. The van der Waals surface area contributed by atoms with E-state index in [1.807, 2.05) is 11.8 Å². The van der Waals surface area contributed by atoms with Crippen LogP contribution in [0.15, 0.2) is 0 Å². The third-order valence-corrected chi connectivity index (χ3v) is 3.21. The molecule has 13 heavy (non-hydrogen) atoms. The Hall–Kier alpha value is -0.200. The fourth-order valence-electron chi connectivity index (χ4n) is 1.80. The van der Waals surface area contributed by atoms with Crippen molar-refractivity contribution in [3.8, 4) is 6.07 Å². The zero-order chi connectivity index (χ0) is 9.52. The van der Waals surface area contributed by atoms with Crippen LogP contribution < -0.4 is 0 Å². The second kappa shape index (κ2) is 6.28. The van der Waals surface area contributed by atoms with Gasteiger partial charge in [0.15, 0.2) is 0 Å². The Morgan fingerprint density at radius 2 is 2.46 bits per heavy atom. The van der Waals surface area contributed by atoms with Crippen LogP contribution in [0.5, 0.6) is 0 Å². The zero-order valence-electron chi connectivity index (χ0n) is 8.33. The molecule has 1 saturated heterocycles. The van der Waals surface area contributed by atoms with Gasteiger partial charge in [-0.3, -0.25) is 0 Å². The molecule has 0 saturated carbocycles. The molecule has 74 valence electrons. The van der Waals surface area contributed by atoms with E-state index >= 15 is 0 Å². The van der Waals surface area contributed by atoms with Crippen LogP contribution in [0.25, 0.3) is 0 Å². The molecule has 0 N–H and O–H groups in total. The Morgan fingerprint density at radius 3 is 3.15 bits per heavy atom. The van der Waals surface area contributed by atoms with Crippen LogP contribution in [0.2, 0.25) is 0 Å². The van der Waals surface area contributed by atoms with Gasteiger partial charge in [-0.2, -0.15) is 17.0 Å². The van der Waals surface area contributed by atoms with Crippen LogP contribution in [-0.2, 0) is 0 Å². The van der Waals surface area contributed by atoms with Crippen LogP contribution in [-0.4, -0.2) is 36.5 Å². The van der Waals surface area contributed by atoms with Gasteiger partial charge in [-0.15, -0.1) is 0 Å². The monoisotopic (exact) mass is 198 g/mol. The van der Waals surface area contributed by atoms with Crippen LogP contribution in [0.4, 0.5) is 0 Å². The summed E-state index contributed by atoms with van der Waals surface area (Å²) in [5, 5.41) is 8.80. The second-order valence-electron chi connectivity index (χ2n) is 3.62. The van der Waals surface area contributed by atoms with Gasteiger partial charge < -0.3 is 4.90 Å². The summed E-state index contributed by atoms with van der Waals surface area (Å²) in [6.07, 6.45) is 5.72. The fraction of sp³-hybridized carbons (Fsp3) is 0.900. The summed E-state index contributed by atoms with van der Waals surface area (Å²) in [7, 11) is 0. The number of thioether (sulfide) groups is 1. The third-order valence-electron chi connectivity index (χ3n) is 2.51. The van der Waals surface area contributed by atoms with Crippen molar-refractivity contribution in [3.63, 3.8) is 0 Å². The maximum atomic E-state index is 8.80. The molecule has 3 heteroatoms. The summed E-state index contributed by atoms with van der Waals surface area (Å²) in [6, 6.07) is 2.38. The Kier molecular flexibility index (Phi) is 5.26. The van der Waals surface area contributed by atoms with Crippen LogP contribution in [0, 0.1) is 17.2 Å². The predicted molar refractivity (Wildman–Crippen MR) is 57.8 cm³/mol. The van der Waals surface area contributed by atoms with Gasteiger partial charge in [0.25, 0.3) is 0 Å². The molecule has 1 aliphatic rings. The fourth-order valence-corrected chi connectivity index (χ4v) is 2.21. The van der Waals surface area contributed by atoms with Crippen molar-refractivity contribution in [2.75, 3.05) is 31.6 Å². The maximum Gasteiger partial charge on any atom is 0.0669 e. The standard InChI is InChI=1S/C10H18N2S/c1-13-7-3-6-12-5-2-4-10(8-11)9-12/h10H,2-7,9H2,1H3. The van der Waals surface area contributed by atoms with Gasteiger partial charge in [0.1, 0.15) is 0 Å². The first kappa shape index (κ1) is 10.9. The Bertz CT molecular complexity index is 176. The lowest BCUT2D eigenvalue weighted by Crippen LogP contribution is -2.35. The number of rotatable bonds is 4. The molecule has 1 rings (SSSR count). The molecule has 1 unspecified atom stereocenters. The van der Waals surface area contributed by atoms with Gasteiger partial charge in [-0.25, -0.2) is 0 Å². The largest absolute Gasteiger partial charge is 0.302 e. The molecule has 0 aliphatic carbocycles. The molecule has 1 fully saturated rings. The zero-order valence-corrected chi connectivity index (χ0v) is 9.15. The minimum atomic E-state index is 0.294. The van der Waals surface area contributed by atoms with Crippen molar-refractivity contribution in [1.29, 1.82) is 5.26 Å². The van der Waals surface area contributed by atoms with Crippen molar-refractivity contribution < 1.29 is 0 Å². The number of likely N-dealkylation sites (tertiary alicyclic amines) is 1. The molecule has 1 heterocycles. The van der Waals surface area contributed by atoms with E-state index in [0.29, 0.717) is 5.92 Å². The smallest absolute Gasteiger partial charge is 0.0669 e. The lowest BCUT2D eigenvalue weighted by molar-refractivity contribution is 0.201. The first-order chi connectivity index (χ1) is 6.36. The minimum Gasteiger partial charge on any atom is -0.302 e. The van der Waals surface area contributed by atoms with Crippen molar-refractivity contribution >= 4 is 11.8 Å². The van der Waals surface area contributed by atoms with E-state index < -0.39 is 0 Å². The molecule has 0 aromatic carbocycles. The van der Waals surface area contributed by atoms with E-state index in [0.717, 1.165) is 13.0 Å². The Labute approximate surface area is 85.3 Å². The number of hydrogen-bond acceptors (Lipinski definition) is 3. The summed E-state index contributed by atoms with van der Waals surface area (Å²) < 4.78 is 0. The van der Waals surface area contributed by atoms with E-state index in [-0.39, 0.29) is 0 Å². The molecular formula is C10H18N2S. The molecule has 1 atom stereocenters. The van der Waals surface area contributed by atoms with E-state index in [4.69, 9.17) is 5.26 Å². The molecule has 2 nitrogen and oxygen atoms in total. The summed E-state index contributed by atoms with van der Waals surface area (Å²) in [5.41, 5.74) is 0. The predicted octanol–water partition coefficient (Wildman–Crippen LogP) is 1.98. The molecule has 0 aromatic rings. The van der Waals surface area contributed by atoms with Gasteiger partial charge in [-0.1, -0.05) is 0 Å². The first-order valence-electron chi connectivity index (χ1n) is 4.97. The second-order valence-corrected chi connectivity index (χ2v) is 4.60. The third kappa shape index (κ3) is 4.02. The highest BCUT2D eigenvalue weighted by Crippen LogP contribution is 2.15. The first-order valence-corrected chi connectivity index (χ1v) is 6.37. The molecule has 0 spiro atoms. The van der Waals surface area contributed by atoms with Crippen LogP contribution >= 0.6 is 11.8 Å². The molecule has 1 aliphatic heterocycles. The highest BCUT2D eigenvalue weighted by molar-refractivity contribution is 7.98. The van der Waals surface area contributed by atoms with E-state index in [9.17, 15) is 0 Å². The summed E-state index contributed by atoms with van der Waals surface area (Å²) in [5.74, 6) is 1.54. The Morgan fingerprint density at radius 1 is 1.62 bits per heavy atom. The van der Waals surface area contributed by atoms with E-state index in [1.165, 1.54) is 31.7 Å². The summed E-state index contributed by atoms with van der Waals surface area (Å²) in [6.45, 7) is 3.39. The molecule has 0 bridgehead atoms. The number of hydrogen-bond donors (Lipinski definition) is 0. The number of nitriles is 1. The van der Waals surface area contributed by atoms with Crippen molar-refractivity contribution in [3.05, 3.63) is 0 Å². The maximum absolute atomic E-state index is 8.80. The minimum absolute atomic E-state index is 0.294. The summed E-state index contributed by atoms with van der Waals surface area (Å²) >= 11 is 1.91. The van der Waals surface area contributed by atoms with Crippen molar-refractivity contribution in [2.45, 2.75) is 19.3 Å². The highest BCUT2D eigenvalue weighted by Gasteiger charge is 2.18. The van der Waals surface area contributed by atoms with E-state index in [1.54, 1.807) is 0 Å². The molecule has 0 radical (unpaired) electrons. The molecule has 0 aromatic heterocycles. The van der Waals surface area contributed by atoms with Crippen LogP contribution in [0.1, 0.15) is 19.3 Å².